The first-order chi connectivity index (χ1) is 7.02. The highest BCUT2D eigenvalue weighted by molar-refractivity contribution is 5.98. The lowest BCUT2D eigenvalue weighted by atomic mass is 10.2. The van der Waals surface area contributed by atoms with Crippen molar-refractivity contribution < 1.29 is 13.6 Å². The molecule has 0 aliphatic heterocycles. The van der Waals surface area contributed by atoms with Crippen molar-refractivity contribution >= 4 is 24.0 Å². The SMILES string of the molecule is CN(CC(F)F)C(=O)c1cnccc1N.Cl. The number of amides is 1. The average molecular weight is 252 g/mol. The second-order valence-electron chi connectivity index (χ2n) is 3.04. The van der Waals surface area contributed by atoms with Gasteiger partial charge in [-0.25, -0.2) is 8.78 Å². The first-order valence-corrected chi connectivity index (χ1v) is 4.25. The first kappa shape index (κ1) is 14.6. The van der Waals surface area contributed by atoms with E-state index in [0.717, 1.165) is 4.90 Å². The number of alkyl halides is 2. The molecule has 0 aliphatic carbocycles. The van der Waals surface area contributed by atoms with E-state index in [1.807, 2.05) is 0 Å². The van der Waals surface area contributed by atoms with E-state index in [4.69, 9.17) is 5.73 Å². The summed E-state index contributed by atoms with van der Waals surface area (Å²) in [4.78, 5) is 16.2. The normalized spacial score (nSPS) is 9.75. The number of hydrogen-bond donors (Lipinski definition) is 1. The maximum absolute atomic E-state index is 12.0. The van der Waals surface area contributed by atoms with E-state index in [9.17, 15) is 13.6 Å². The number of carbonyl (C=O) groups is 1. The van der Waals surface area contributed by atoms with Crippen LogP contribution in [0.15, 0.2) is 18.5 Å². The Balaban J connectivity index is 0.00000225. The zero-order chi connectivity index (χ0) is 11.4. The van der Waals surface area contributed by atoms with Gasteiger partial charge < -0.3 is 10.6 Å². The number of rotatable bonds is 3. The van der Waals surface area contributed by atoms with Gasteiger partial charge in [-0.3, -0.25) is 9.78 Å². The van der Waals surface area contributed by atoms with Crippen LogP contribution in [-0.2, 0) is 0 Å². The van der Waals surface area contributed by atoms with E-state index in [0.29, 0.717) is 0 Å². The Hall–Kier alpha value is -1.43. The first-order valence-electron chi connectivity index (χ1n) is 4.25. The second-order valence-corrected chi connectivity index (χ2v) is 3.04. The van der Waals surface area contributed by atoms with Crippen LogP contribution in [0.5, 0.6) is 0 Å². The molecule has 0 aromatic carbocycles. The Morgan fingerprint density at radius 2 is 2.25 bits per heavy atom. The van der Waals surface area contributed by atoms with Gasteiger partial charge in [0.1, 0.15) is 0 Å². The summed E-state index contributed by atoms with van der Waals surface area (Å²) in [6.45, 7) is -0.618. The number of carbonyl (C=O) groups excluding carboxylic acids is 1. The average Bonchev–Trinajstić information content (AvgIpc) is 2.16. The lowest BCUT2D eigenvalue weighted by molar-refractivity contribution is 0.0621. The lowest BCUT2D eigenvalue weighted by Crippen LogP contribution is -2.31. The molecule has 4 nitrogen and oxygen atoms in total. The van der Waals surface area contributed by atoms with Gasteiger partial charge in [0.2, 0.25) is 0 Å². The smallest absolute Gasteiger partial charge is 0.257 e. The molecule has 0 aliphatic rings. The van der Waals surface area contributed by atoms with Crippen LogP contribution in [0.4, 0.5) is 14.5 Å². The van der Waals surface area contributed by atoms with Gasteiger partial charge in [-0.1, -0.05) is 0 Å². The number of nitrogens with two attached hydrogens (primary N) is 1. The van der Waals surface area contributed by atoms with Crippen LogP contribution in [0.3, 0.4) is 0 Å². The molecule has 7 heteroatoms. The van der Waals surface area contributed by atoms with Crippen molar-refractivity contribution in [1.82, 2.24) is 9.88 Å². The Morgan fingerprint density at radius 1 is 1.62 bits per heavy atom. The number of anilines is 1. The van der Waals surface area contributed by atoms with Crippen LogP contribution in [0.25, 0.3) is 0 Å². The molecule has 0 unspecified atom stereocenters. The van der Waals surface area contributed by atoms with Crippen LogP contribution in [0.1, 0.15) is 10.4 Å². The van der Waals surface area contributed by atoms with Gasteiger partial charge in [0, 0.05) is 25.1 Å². The fraction of sp³-hybridized carbons (Fsp3) is 0.333. The Labute approximate surface area is 97.9 Å². The number of pyridine rings is 1. The highest BCUT2D eigenvalue weighted by Gasteiger charge is 2.17. The van der Waals surface area contributed by atoms with Gasteiger partial charge in [-0.05, 0) is 6.07 Å². The fourth-order valence-corrected chi connectivity index (χ4v) is 1.08. The molecule has 0 atom stereocenters. The molecule has 1 aromatic heterocycles. The molecule has 90 valence electrons. The summed E-state index contributed by atoms with van der Waals surface area (Å²) in [5.74, 6) is -0.555. The summed E-state index contributed by atoms with van der Waals surface area (Å²) in [6, 6.07) is 1.45. The minimum absolute atomic E-state index is 0. The van der Waals surface area contributed by atoms with Gasteiger partial charge >= 0.3 is 0 Å². The topological polar surface area (TPSA) is 59.2 Å². The van der Waals surface area contributed by atoms with Crippen molar-refractivity contribution in [2.45, 2.75) is 6.43 Å². The minimum atomic E-state index is -2.56. The molecular formula is C9H12ClF2N3O. The maximum atomic E-state index is 12.0. The predicted octanol–water partition coefficient (Wildman–Crippen LogP) is 1.42. The molecule has 0 spiro atoms. The third-order valence-corrected chi connectivity index (χ3v) is 1.84. The van der Waals surface area contributed by atoms with Crippen molar-refractivity contribution in [3.63, 3.8) is 0 Å². The highest BCUT2D eigenvalue weighted by Crippen LogP contribution is 2.11. The van der Waals surface area contributed by atoms with Crippen molar-refractivity contribution in [3.8, 4) is 0 Å². The zero-order valence-electron chi connectivity index (χ0n) is 8.56. The van der Waals surface area contributed by atoms with Crippen LogP contribution < -0.4 is 5.73 Å². The summed E-state index contributed by atoms with van der Waals surface area (Å²) >= 11 is 0. The van der Waals surface area contributed by atoms with E-state index in [1.165, 1.54) is 25.5 Å². The van der Waals surface area contributed by atoms with Gasteiger partial charge in [0.15, 0.2) is 0 Å². The van der Waals surface area contributed by atoms with Crippen molar-refractivity contribution in [1.29, 1.82) is 0 Å². The fourth-order valence-electron chi connectivity index (χ4n) is 1.08. The standard InChI is InChI=1S/C9H11F2N3O.ClH/c1-14(5-8(10)11)9(15)6-4-13-3-2-7(6)12;/h2-4,8H,5H2,1H3,(H2,12,13);1H. The lowest BCUT2D eigenvalue weighted by Gasteiger charge is -2.16. The van der Waals surface area contributed by atoms with Crippen LogP contribution in [0.2, 0.25) is 0 Å². The summed E-state index contributed by atoms with van der Waals surface area (Å²) in [7, 11) is 1.29. The number of halogens is 3. The minimum Gasteiger partial charge on any atom is -0.398 e. The Bertz CT molecular complexity index is 362. The molecule has 0 saturated heterocycles. The summed E-state index contributed by atoms with van der Waals surface area (Å²) in [5, 5.41) is 0. The van der Waals surface area contributed by atoms with Crippen molar-refractivity contribution in [2.75, 3.05) is 19.3 Å². The molecule has 1 rings (SSSR count). The van der Waals surface area contributed by atoms with Crippen molar-refractivity contribution in [3.05, 3.63) is 24.0 Å². The Morgan fingerprint density at radius 3 is 2.75 bits per heavy atom. The van der Waals surface area contributed by atoms with Crippen LogP contribution in [0, 0.1) is 0 Å². The third-order valence-electron chi connectivity index (χ3n) is 1.84. The molecule has 0 saturated carbocycles. The van der Waals surface area contributed by atoms with Crippen molar-refractivity contribution in [2.24, 2.45) is 0 Å². The quantitative estimate of drug-likeness (QED) is 0.884. The largest absolute Gasteiger partial charge is 0.398 e. The van der Waals surface area contributed by atoms with E-state index < -0.39 is 18.9 Å². The van der Waals surface area contributed by atoms with Gasteiger partial charge in [-0.15, -0.1) is 12.4 Å². The number of hydrogen-bond acceptors (Lipinski definition) is 3. The second kappa shape index (κ2) is 6.22. The van der Waals surface area contributed by atoms with E-state index in [2.05, 4.69) is 4.98 Å². The Kier molecular flexibility index (Phi) is 5.66. The van der Waals surface area contributed by atoms with E-state index >= 15 is 0 Å². The monoisotopic (exact) mass is 251 g/mol. The molecule has 0 radical (unpaired) electrons. The number of nitrogens with zero attached hydrogens (tertiary/aromatic N) is 2. The third kappa shape index (κ3) is 3.62. The molecular weight excluding hydrogens is 240 g/mol. The van der Waals surface area contributed by atoms with E-state index in [1.54, 1.807) is 0 Å². The number of nitrogen functional groups attached to an aromatic ring is 1. The molecule has 0 fully saturated rings. The molecule has 2 N–H and O–H groups in total. The predicted molar refractivity (Wildman–Crippen MR) is 58.9 cm³/mol. The van der Waals surface area contributed by atoms with E-state index in [-0.39, 0.29) is 23.7 Å². The van der Waals surface area contributed by atoms with Gasteiger partial charge in [0.25, 0.3) is 12.3 Å². The summed E-state index contributed by atoms with van der Waals surface area (Å²) in [6.07, 6.45) is 0.135. The summed E-state index contributed by atoms with van der Waals surface area (Å²) in [5.41, 5.74) is 5.89. The van der Waals surface area contributed by atoms with Gasteiger partial charge in [-0.2, -0.15) is 0 Å². The molecule has 0 bridgehead atoms. The van der Waals surface area contributed by atoms with Gasteiger partial charge in [0.05, 0.1) is 12.1 Å². The molecule has 1 aromatic rings. The highest BCUT2D eigenvalue weighted by atomic mass is 35.5. The molecule has 1 heterocycles. The molecule has 1 amide bonds. The van der Waals surface area contributed by atoms with Crippen LogP contribution >= 0.6 is 12.4 Å². The van der Waals surface area contributed by atoms with Crippen LogP contribution in [-0.4, -0.2) is 35.8 Å². The maximum Gasteiger partial charge on any atom is 0.257 e. The zero-order valence-corrected chi connectivity index (χ0v) is 9.38. The number of aromatic nitrogens is 1. The summed E-state index contributed by atoms with van der Waals surface area (Å²) < 4.78 is 24.0. The molecule has 16 heavy (non-hydrogen) atoms.